The zero-order valence-electron chi connectivity index (χ0n) is 11.5. The Morgan fingerprint density at radius 2 is 1.95 bits per heavy atom. The fraction of sp³-hybridized carbons (Fsp3) is 0.533. The minimum absolute atomic E-state index is 0.465. The minimum atomic E-state index is 0.465. The van der Waals surface area contributed by atoms with Gasteiger partial charge in [-0.05, 0) is 44.1 Å². The molecule has 0 saturated carbocycles. The Balaban J connectivity index is 1.81. The highest BCUT2D eigenvalue weighted by molar-refractivity contribution is 9.10. The minimum Gasteiger partial charge on any atom is -0.326 e. The van der Waals surface area contributed by atoms with Crippen LogP contribution >= 0.6 is 27.5 Å². The molecule has 1 saturated heterocycles. The third kappa shape index (κ3) is 3.02. The van der Waals surface area contributed by atoms with Crippen LogP contribution in [-0.2, 0) is 12.4 Å². The molecule has 1 aliphatic rings. The Morgan fingerprint density at radius 1 is 1.15 bits per heavy atom. The van der Waals surface area contributed by atoms with Gasteiger partial charge in [-0.1, -0.05) is 22.4 Å². The lowest BCUT2D eigenvalue weighted by Gasteiger charge is -2.26. The zero-order chi connectivity index (χ0) is 13.9. The van der Waals surface area contributed by atoms with Crippen molar-refractivity contribution in [1.29, 1.82) is 0 Å². The van der Waals surface area contributed by atoms with Gasteiger partial charge < -0.3 is 9.47 Å². The molecule has 1 fully saturated rings. The molecule has 0 radical (unpaired) electrons. The summed E-state index contributed by atoms with van der Waals surface area (Å²) in [4.78, 5) is 7.19. The molecular weight excluding hydrogens is 338 g/mol. The second kappa shape index (κ2) is 6.46. The van der Waals surface area contributed by atoms with Crippen molar-refractivity contribution in [3.63, 3.8) is 0 Å². The fourth-order valence-corrected chi connectivity index (χ4v) is 3.48. The largest absolute Gasteiger partial charge is 0.326 e. The standard InChI is InChI=1S/C15H19BrClN3/c16-12-4-5-14-13(10-12)18-15(11-17)20(14)9-8-19-6-2-1-3-7-19/h4-5,10H,1-3,6-9,11H2. The Hall–Kier alpha value is -0.580. The van der Waals surface area contributed by atoms with Crippen molar-refractivity contribution in [2.45, 2.75) is 31.7 Å². The highest BCUT2D eigenvalue weighted by Gasteiger charge is 2.13. The number of hydrogen-bond donors (Lipinski definition) is 0. The van der Waals surface area contributed by atoms with E-state index in [9.17, 15) is 0 Å². The molecular formula is C15H19BrClN3. The molecule has 108 valence electrons. The summed E-state index contributed by atoms with van der Waals surface area (Å²) in [6.07, 6.45) is 4.05. The Labute approximate surface area is 133 Å². The number of imidazole rings is 1. The van der Waals surface area contributed by atoms with Gasteiger partial charge in [0.2, 0.25) is 0 Å². The Morgan fingerprint density at radius 3 is 2.70 bits per heavy atom. The first-order chi connectivity index (χ1) is 9.78. The molecule has 2 heterocycles. The highest BCUT2D eigenvalue weighted by Crippen LogP contribution is 2.22. The van der Waals surface area contributed by atoms with Crippen LogP contribution < -0.4 is 0 Å². The van der Waals surface area contributed by atoms with Gasteiger partial charge in [0.1, 0.15) is 5.82 Å². The van der Waals surface area contributed by atoms with Crippen LogP contribution in [0.2, 0.25) is 0 Å². The molecule has 1 aromatic heterocycles. The van der Waals surface area contributed by atoms with Crippen LogP contribution in [0.1, 0.15) is 25.1 Å². The molecule has 0 spiro atoms. The van der Waals surface area contributed by atoms with E-state index >= 15 is 0 Å². The Kier molecular flexibility index (Phi) is 4.64. The molecule has 0 amide bonds. The Bertz CT molecular complexity index is 590. The van der Waals surface area contributed by atoms with E-state index in [-0.39, 0.29) is 0 Å². The van der Waals surface area contributed by atoms with Gasteiger partial charge in [-0.2, -0.15) is 0 Å². The van der Waals surface area contributed by atoms with Gasteiger partial charge in [0.25, 0.3) is 0 Å². The number of fused-ring (bicyclic) bond motifs is 1. The summed E-state index contributed by atoms with van der Waals surface area (Å²) in [5.74, 6) is 1.43. The third-order valence-corrected chi connectivity index (χ3v) is 4.73. The second-order valence-corrected chi connectivity index (χ2v) is 6.53. The summed E-state index contributed by atoms with van der Waals surface area (Å²) in [5, 5.41) is 0. The molecule has 0 atom stereocenters. The lowest BCUT2D eigenvalue weighted by Crippen LogP contribution is -2.32. The van der Waals surface area contributed by atoms with Gasteiger partial charge in [-0.25, -0.2) is 4.98 Å². The van der Waals surface area contributed by atoms with Crippen molar-refractivity contribution in [2.75, 3.05) is 19.6 Å². The molecule has 2 aromatic rings. The number of likely N-dealkylation sites (tertiary alicyclic amines) is 1. The number of piperidine rings is 1. The number of alkyl halides is 1. The fourth-order valence-electron chi connectivity index (χ4n) is 2.93. The van der Waals surface area contributed by atoms with Crippen LogP contribution in [0.25, 0.3) is 11.0 Å². The van der Waals surface area contributed by atoms with E-state index < -0.39 is 0 Å². The second-order valence-electron chi connectivity index (χ2n) is 5.35. The van der Waals surface area contributed by atoms with Crippen molar-refractivity contribution in [1.82, 2.24) is 14.5 Å². The lowest BCUT2D eigenvalue weighted by molar-refractivity contribution is 0.221. The summed E-state index contributed by atoms with van der Waals surface area (Å²) in [6.45, 7) is 4.52. The van der Waals surface area contributed by atoms with Crippen LogP contribution in [0.4, 0.5) is 0 Å². The smallest absolute Gasteiger partial charge is 0.124 e. The van der Waals surface area contributed by atoms with E-state index in [1.54, 1.807) is 0 Å². The maximum absolute atomic E-state index is 6.06. The van der Waals surface area contributed by atoms with Crippen LogP contribution in [0.5, 0.6) is 0 Å². The average Bonchev–Trinajstić information content (AvgIpc) is 2.83. The van der Waals surface area contributed by atoms with Crippen molar-refractivity contribution in [2.24, 2.45) is 0 Å². The molecule has 0 aliphatic carbocycles. The normalized spacial score (nSPS) is 16.9. The monoisotopic (exact) mass is 355 g/mol. The van der Waals surface area contributed by atoms with Crippen LogP contribution in [0.15, 0.2) is 22.7 Å². The molecule has 3 nitrogen and oxygen atoms in total. The number of halogens is 2. The van der Waals surface area contributed by atoms with Gasteiger partial charge in [0.15, 0.2) is 0 Å². The number of rotatable bonds is 4. The molecule has 3 rings (SSSR count). The first-order valence-corrected chi connectivity index (χ1v) is 8.53. The molecule has 0 N–H and O–H groups in total. The van der Waals surface area contributed by atoms with E-state index in [2.05, 4.69) is 48.6 Å². The van der Waals surface area contributed by atoms with E-state index in [0.29, 0.717) is 5.88 Å². The first-order valence-electron chi connectivity index (χ1n) is 7.21. The topological polar surface area (TPSA) is 21.1 Å². The molecule has 0 unspecified atom stereocenters. The maximum Gasteiger partial charge on any atom is 0.124 e. The molecule has 1 aliphatic heterocycles. The van der Waals surface area contributed by atoms with Crippen LogP contribution in [0.3, 0.4) is 0 Å². The van der Waals surface area contributed by atoms with Gasteiger partial charge in [-0.3, -0.25) is 0 Å². The first kappa shape index (κ1) is 14.4. The predicted molar refractivity (Wildman–Crippen MR) is 87.3 cm³/mol. The summed E-state index contributed by atoms with van der Waals surface area (Å²) in [5.41, 5.74) is 2.20. The van der Waals surface area contributed by atoms with E-state index in [1.807, 2.05) is 0 Å². The maximum atomic E-state index is 6.06. The summed E-state index contributed by atoms with van der Waals surface area (Å²) in [6, 6.07) is 6.25. The average molecular weight is 357 g/mol. The van der Waals surface area contributed by atoms with Crippen LogP contribution in [0, 0.1) is 0 Å². The third-order valence-electron chi connectivity index (χ3n) is 4.00. The zero-order valence-corrected chi connectivity index (χ0v) is 13.8. The van der Waals surface area contributed by atoms with E-state index in [0.717, 1.165) is 28.9 Å². The molecule has 1 aromatic carbocycles. The van der Waals surface area contributed by atoms with E-state index in [1.165, 1.54) is 37.9 Å². The molecule has 5 heteroatoms. The number of benzene rings is 1. The predicted octanol–water partition coefficient (Wildman–Crippen LogP) is 4.02. The number of aromatic nitrogens is 2. The van der Waals surface area contributed by atoms with Gasteiger partial charge in [0.05, 0.1) is 16.9 Å². The highest BCUT2D eigenvalue weighted by atomic mass is 79.9. The quantitative estimate of drug-likeness (QED) is 0.771. The van der Waals surface area contributed by atoms with Crippen molar-refractivity contribution < 1.29 is 0 Å². The van der Waals surface area contributed by atoms with Gasteiger partial charge in [0, 0.05) is 17.6 Å². The van der Waals surface area contributed by atoms with Crippen LogP contribution in [-0.4, -0.2) is 34.1 Å². The number of nitrogens with zero attached hydrogens (tertiary/aromatic N) is 3. The van der Waals surface area contributed by atoms with Crippen molar-refractivity contribution in [3.8, 4) is 0 Å². The number of hydrogen-bond acceptors (Lipinski definition) is 2. The lowest BCUT2D eigenvalue weighted by atomic mass is 10.1. The van der Waals surface area contributed by atoms with Gasteiger partial charge in [-0.15, -0.1) is 11.6 Å². The molecule has 20 heavy (non-hydrogen) atoms. The van der Waals surface area contributed by atoms with Gasteiger partial charge >= 0.3 is 0 Å². The summed E-state index contributed by atoms with van der Waals surface area (Å²) >= 11 is 9.56. The molecule has 0 bridgehead atoms. The van der Waals surface area contributed by atoms with E-state index in [4.69, 9.17) is 11.6 Å². The van der Waals surface area contributed by atoms with Crippen molar-refractivity contribution >= 4 is 38.6 Å². The summed E-state index contributed by atoms with van der Waals surface area (Å²) < 4.78 is 3.33. The van der Waals surface area contributed by atoms with Crippen molar-refractivity contribution in [3.05, 3.63) is 28.5 Å². The summed E-state index contributed by atoms with van der Waals surface area (Å²) in [7, 11) is 0. The SMILES string of the molecule is ClCc1nc2cc(Br)ccc2n1CCN1CCCCC1.